The number of pyridine rings is 1. The summed E-state index contributed by atoms with van der Waals surface area (Å²) >= 11 is 0. The highest BCUT2D eigenvalue weighted by molar-refractivity contribution is 5.83. The van der Waals surface area contributed by atoms with Crippen molar-refractivity contribution in [3.8, 4) is 0 Å². The number of fused-ring (bicyclic) bond motifs is 1. The highest BCUT2D eigenvalue weighted by atomic mass is 19.4. The molecule has 0 radical (unpaired) electrons. The number of hydrogen-bond donors (Lipinski definition) is 0. The van der Waals surface area contributed by atoms with Gasteiger partial charge in [-0.1, -0.05) is 0 Å². The molecule has 1 unspecified atom stereocenters. The molecule has 0 spiro atoms. The lowest BCUT2D eigenvalue weighted by atomic mass is 9.49. The predicted octanol–water partition coefficient (Wildman–Crippen LogP) is 4.67. The summed E-state index contributed by atoms with van der Waals surface area (Å²) in [5.41, 5.74) is -0.488. The summed E-state index contributed by atoms with van der Waals surface area (Å²) in [5, 5.41) is 8.32. The fourth-order valence-corrected chi connectivity index (χ4v) is 7.43. The molecule has 4 bridgehead atoms. The summed E-state index contributed by atoms with van der Waals surface area (Å²) in [6.07, 6.45) is 5.30. The first kappa shape index (κ1) is 19.6. The number of likely N-dealkylation sites (tertiary alicyclic amines) is 1. The highest BCUT2D eigenvalue weighted by Crippen LogP contribution is 2.60. The van der Waals surface area contributed by atoms with Crippen molar-refractivity contribution in [2.24, 2.45) is 23.2 Å². The number of halogens is 3. The number of alkyl halides is 3. The number of carbonyl (C=O) groups excluding carboxylic acids is 1. The molecular formula is C23H27F3N4O. The predicted molar refractivity (Wildman–Crippen MR) is 107 cm³/mol. The van der Waals surface area contributed by atoms with E-state index in [-0.39, 0.29) is 11.3 Å². The molecule has 7 rings (SSSR count). The smallest absolute Gasteiger partial charge is 0.341 e. The molecule has 2 aromatic heterocycles. The molecule has 31 heavy (non-hydrogen) atoms. The Kier molecular flexibility index (Phi) is 4.22. The van der Waals surface area contributed by atoms with Gasteiger partial charge >= 0.3 is 6.18 Å². The van der Waals surface area contributed by atoms with Crippen LogP contribution in [-0.4, -0.2) is 38.5 Å². The number of amides is 1. The van der Waals surface area contributed by atoms with Crippen molar-refractivity contribution < 1.29 is 18.0 Å². The zero-order chi connectivity index (χ0) is 21.4. The van der Waals surface area contributed by atoms with Gasteiger partial charge in [0.25, 0.3) is 0 Å². The largest absolute Gasteiger partial charge is 0.417 e. The van der Waals surface area contributed by atoms with Crippen LogP contribution in [0.15, 0.2) is 18.3 Å². The fraction of sp³-hybridized carbons (Fsp3) is 0.696. The molecule has 8 heteroatoms. The molecule has 5 aliphatic rings. The van der Waals surface area contributed by atoms with E-state index in [1.807, 2.05) is 4.90 Å². The Labute approximate surface area is 179 Å². The second-order valence-electron chi connectivity index (χ2n) is 10.5. The lowest BCUT2D eigenvalue weighted by Crippen LogP contribution is -2.56. The van der Waals surface area contributed by atoms with Crippen LogP contribution in [0.2, 0.25) is 0 Å². The van der Waals surface area contributed by atoms with Crippen LogP contribution in [0.5, 0.6) is 0 Å². The van der Waals surface area contributed by atoms with E-state index in [0.29, 0.717) is 41.7 Å². The van der Waals surface area contributed by atoms with Crippen LogP contribution in [0.4, 0.5) is 13.2 Å². The van der Waals surface area contributed by atoms with Gasteiger partial charge in [-0.05, 0) is 81.3 Å². The van der Waals surface area contributed by atoms with Gasteiger partial charge in [0, 0.05) is 25.2 Å². The molecule has 1 saturated heterocycles. The van der Waals surface area contributed by atoms with Gasteiger partial charge in [0.05, 0.1) is 11.0 Å². The number of hydrogen-bond acceptors (Lipinski definition) is 3. The van der Waals surface area contributed by atoms with Gasteiger partial charge in [-0.25, -0.2) is 0 Å². The van der Waals surface area contributed by atoms with Crippen molar-refractivity contribution in [1.29, 1.82) is 0 Å². The van der Waals surface area contributed by atoms with Gasteiger partial charge in [0.15, 0.2) is 5.65 Å². The average Bonchev–Trinajstić information content (AvgIpc) is 3.15. The van der Waals surface area contributed by atoms with E-state index in [4.69, 9.17) is 0 Å². The van der Waals surface area contributed by atoms with Crippen LogP contribution < -0.4 is 0 Å². The van der Waals surface area contributed by atoms with E-state index in [0.717, 1.165) is 50.9 Å². The molecule has 1 aliphatic heterocycles. The Balaban J connectivity index is 1.27. The molecule has 4 aliphatic carbocycles. The van der Waals surface area contributed by atoms with Crippen LogP contribution in [0.3, 0.4) is 0 Å². The van der Waals surface area contributed by atoms with Crippen molar-refractivity contribution in [3.05, 3.63) is 29.7 Å². The van der Waals surface area contributed by atoms with E-state index in [9.17, 15) is 18.0 Å². The number of carbonyl (C=O) groups is 1. The maximum atomic E-state index is 13.8. The summed E-state index contributed by atoms with van der Waals surface area (Å²) in [7, 11) is 0. The molecule has 0 N–H and O–H groups in total. The third kappa shape index (κ3) is 3.16. The van der Waals surface area contributed by atoms with Crippen LogP contribution in [0.25, 0.3) is 5.65 Å². The Hall–Kier alpha value is -2.12. The zero-order valence-corrected chi connectivity index (χ0v) is 17.4. The maximum Gasteiger partial charge on any atom is 0.417 e. The normalized spacial score (nSPS) is 35.1. The molecule has 1 amide bonds. The minimum Gasteiger partial charge on any atom is -0.341 e. The summed E-state index contributed by atoms with van der Waals surface area (Å²) in [6.45, 7) is 1.26. The van der Waals surface area contributed by atoms with Gasteiger partial charge in [0.2, 0.25) is 5.91 Å². The topological polar surface area (TPSA) is 50.5 Å². The fourth-order valence-electron chi connectivity index (χ4n) is 7.43. The van der Waals surface area contributed by atoms with Crippen molar-refractivity contribution in [1.82, 2.24) is 19.5 Å². The molecule has 2 aromatic rings. The Morgan fingerprint density at radius 1 is 1.03 bits per heavy atom. The van der Waals surface area contributed by atoms with E-state index in [1.54, 1.807) is 0 Å². The van der Waals surface area contributed by atoms with E-state index in [2.05, 4.69) is 10.2 Å². The first-order chi connectivity index (χ1) is 14.8. The minimum absolute atomic E-state index is 0.0925. The monoisotopic (exact) mass is 432 g/mol. The number of nitrogens with zero attached hydrogens (tertiary/aromatic N) is 4. The van der Waals surface area contributed by atoms with E-state index >= 15 is 0 Å². The van der Waals surface area contributed by atoms with Crippen molar-refractivity contribution in [2.75, 3.05) is 13.1 Å². The molecule has 1 atom stereocenters. The summed E-state index contributed by atoms with van der Waals surface area (Å²) in [5.74, 6) is 2.85. The third-order valence-electron chi connectivity index (χ3n) is 8.32. The average molecular weight is 432 g/mol. The van der Waals surface area contributed by atoms with Crippen LogP contribution in [0.1, 0.15) is 68.7 Å². The lowest BCUT2D eigenvalue weighted by molar-refractivity contribution is -0.159. The van der Waals surface area contributed by atoms with Crippen molar-refractivity contribution in [2.45, 2.75) is 63.5 Å². The van der Waals surface area contributed by atoms with E-state index in [1.165, 1.54) is 29.7 Å². The highest BCUT2D eigenvalue weighted by Gasteiger charge is 2.55. The van der Waals surface area contributed by atoms with Crippen LogP contribution >= 0.6 is 0 Å². The van der Waals surface area contributed by atoms with Crippen LogP contribution in [-0.2, 0) is 11.0 Å². The van der Waals surface area contributed by atoms with Gasteiger partial charge in [-0.15, -0.1) is 10.2 Å². The molecular weight excluding hydrogens is 405 g/mol. The Bertz CT molecular complexity index is 994. The van der Waals surface area contributed by atoms with Crippen molar-refractivity contribution in [3.63, 3.8) is 0 Å². The van der Waals surface area contributed by atoms with Crippen molar-refractivity contribution >= 4 is 11.6 Å². The Morgan fingerprint density at radius 3 is 2.35 bits per heavy atom. The number of piperidine rings is 1. The molecule has 4 saturated carbocycles. The zero-order valence-electron chi connectivity index (χ0n) is 17.4. The van der Waals surface area contributed by atoms with Gasteiger partial charge < -0.3 is 4.90 Å². The van der Waals surface area contributed by atoms with Crippen LogP contribution in [0, 0.1) is 23.2 Å². The van der Waals surface area contributed by atoms with Gasteiger partial charge in [-0.2, -0.15) is 13.2 Å². The summed E-state index contributed by atoms with van der Waals surface area (Å²) in [6, 6.07) is 2.40. The molecule has 166 valence electrons. The second-order valence-corrected chi connectivity index (χ2v) is 10.5. The third-order valence-corrected chi connectivity index (χ3v) is 8.32. The molecule has 5 fully saturated rings. The molecule has 3 heterocycles. The Morgan fingerprint density at radius 2 is 1.71 bits per heavy atom. The van der Waals surface area contributed by atoms with Gasteiger partial charge in [0.1, 0.15) is 5.82 Å². The molecule has 0 aromatic carbocycles. The maximum absolute atomic E-state index is 13.8. The summed E-state index contributed by atoms with van der Waals surface area (Å²) < 4.78 is 41.1. The second kappa shape index (κ2) is 6.69. The quantitative estimate of drug-likeness (QED) is 0.693. The standard InChI is InChI=1S/C23H27F3N4O/c24-23(25,26)18-3-4-19-27-28-20(30(19)13-18)17-2-1-5-29(12-17)21(31)22-9-14-6-15(10-22)8-16(7-14)11-22/h3-4,13-17H,1-2,5-12H2. The van der Waals surface area contributed by atoms with E-state index < -0.39 is 11.7 Å². The molecule has 5 nitrogen and oxygen atoms in total. The first-order valence-corrected chi connectivity index (χ1v) is 11.5. The SMILES string of the molecule is O=C(N1CCCC(c2nnc3ccc(C(F)(F)F)cn23)C1)C12CC3CC(CC(C3)C1)C2. The summed E-state index contributed by atoms with van der Waals surface area (Å²) in [4.78, 5) is 15.7. The number of rotatable bonds is 2. The minimum atomic E-state index is -4.41. The van der Waals surface area contributed by atoms with Gasteiger partial charge in [-0.3, -0.25) is 9.20 Å². The number of aromatic nitrogens is 3. The first-order valence-electron chi connectivity index (χ1n) is 11.5. The lowest BCUT2D eigenvalue weighted by Gasteiger charge is -2.57.